The van der Waals surface area contributed by atoms with Gasteiger partial charge in [0.15, 0.2) is 0 Å². The third-order valence-electron chi connectivity index (χ3n) is 5.84. The molecule has 1 aromatic rings. The summed E-state index contributed by atoms with van der Waals surface area (Å²) in [6, 6.07) is 8.25. The topological polar surface area (TPSA) is 49.9 Å². The lowest BCUT2D eigenvalue weighted by molar-refractivity contribution is 0.0580. The maximum Gasteiger partial charge on any atom is 0.414 e. The molecule has 134 valence electrons. The number of rotatable bonds is 4. The number of ether oxygens (including phenoxy) is 1. The Labute approximate surface area is 148 Å². The number of hydrogen-bond donors (Lipinski definition) is 0. The molecule has 0 spiro atoms. The van der Waals surface area contributed by atoms with Gasteiger partial charge in [-0.2, -0.15) is 0 Å². The van der Waals surface area contributed by atoms with Gasteiger partial charge in [-0.15, -0.1) is 0 Å². The van der Waals surface area contributed by atoms with Crippen molar-refractivity contribution >= 4 is 17.7 Å². The van der Waals surface area contributed by atoms with Gasteiger partial charge in [-0.1, -0.05) is 31.7 Å². The Hall–Kier alpha value is -2.04. The number of hydrogen-bond acceptors (Lipinski definition) is 3. The first-order valence-corrected chi connectivity index (χ1v) is 9.61. The van der Waals surface area contributed by atoms with E-state index < -0.39 is 0 Å². The second kappa shape index (κ2) is 7.06. The molecule has 2 saturated carbocycles. The fourth-order valence-electron chi connectivity index (χ4n) is 4.58. The van der Waals surface area contributed by atoms with E-state index in [1.165, 1.54) is 25.7 Å². The number of carbonyl (C=O) groups is 2. The predicted molar refractivity (Wildman–Crippen MR) is 95.8 cm³/mol. The smallest absolute Gasteiger partial charge is 0.414 e. The van der Waals surface area contributed by atoms with Crippen LogP contribution in [0.25, 0.3) is 0 Å². The van der Waals surface area contributed by atoms with Crippen molar-refractivity contribution in [3.8, 4) is 0 Å². The summed E-state index contributed by atoms with van der Waals surface area (Å²) in [4.78, 5) is 29.0. The van der Waals surface area contributed by atoms with Gasteiger partial charge in [-0.25, -0.2) is 4.79 Å². The van der Waals surface area contributed by atoms with Crippen LogP contribution in [-0.4, -0.2) is 42.1 Å². The summed E-state index contributed by atoms with van der Waals surface area (Å²) in [6.45, 7) is 0.957. The zero-order valence-electron chi connectivity index (χ0n) is 14.7. The summed E-state index contributed by atoms with van der Waals surface area (Å²) < 4.78 is 5.02. The average Bonchev–Trinajstić information content (AvgIpc) is 3.38. The summed E-state index contributed by atoms with van der Waals surface area (Å²) >= 11 is 0. The maximum absolute atomic E-state index is 13.4. The molecule has 4 rings (SSSR count). The van der Waals surface area contributed by atoms with E-state index >= 15 is 0 Å². The Kier molecular flexibility index (Phi) is 4.64. The molecule has 0 atom stereocenters. The largest absolute Gasteiger partial charge is 0.447 e. The van der Waals surface area contributed by atoms with Crippen molar-refractivity contribution in [2.75, 3.05) is 18.1 Å². The van der Waals surface area contributed by atoms with Crippen LogP contribution in [0.1, 0.15) is 61.7 Å². The third-order valence-corrected chi connectivity index (χ3v) is 5.84. The van der Waals surface area contributed by atoms with Crippen molar-refractivity contribution in [3.63, 3.8) is 0 Å². The van der Waals surface area contributed by atoms with E-state index in [-0.39, 0.29) is 12.0 Å². The molecular formula is C20H26N2O3. The summed E-state index contributed by atoms with van der Waals surface area (Å²) in [5.41, 5.74) is 1.45. The van der Waals surface area contributed by atoms with Crippen molar-refractivity contribution in [1.29, 1.82) is 0 Å². The Morgan fingerprint density at radius 3 is 2.24 bits per heavy atom. The molecule has 0 aromatic heterocycles. The monoisotopic (exact) mass is 342 g/mol. The number of nitrogens with zero attached hydrogens (tertiary/aromatic N) is 2. The van der Waals surface area contributed by atoms with Crippen LogP contribution in [0.2, 0.25) is 0 Å². The van der Waals surface area contributed by atoms with Gasteiger partial charge in [0.2, 0.25) is 0 Å². The zero-order valence-corrected chi connectivity index (χ0v) is 14.7. The van der Waals surface area contributed by atoms with E-state index in [4.69, 9.17) is 4.74 Å². The summed E-state index contributed by atoms with van der Waals surface area (Å²) in [7, 11) is 0. The van der Waals surface area contributed by atoms with Gasteiger partial charge >= 0.3 is 6.09 Å². The van der Waals surface area contributed by atoms with Crippen LogP contribution >= 0.6 is 0 Å². The highest BCUT2D eigenvalue weighted by molar-refractivity contribution is 5.97. The quantitative estimate of drug-likeness (QED) is 0.832. The fourth-order valence-corrected chi connectivity index (χ4v) is 4.58. The second-order valence-corrected chi connectivity index (χ2v) is 7.41. The first kappa shape index (κ1) is 16.4. The Balaban J connectivity index is 1.60. The number of cyclic esters (lactones) is 1. The fraction of sp³-hybridized carbons (Fsp3) is 0.600. The molecule has 0 bridgehead atoms. The van der Waals surface area contributed by atoms with Gasteiger partial charge in [0.25, 0.3) is 5.91 Å². The summed E-state index contributed by atoms with van der Waals surface area (Å²) in [5, 5.41) is 0. The van der Waals surface area contributed by atoms with Crippen LogP contribution in [0.3, 0.4) is 0 Å². The van der Waals surface area contributed by atoms with Crippen molar-refractivity contribution in [1.82, 2.24) is 4.90 Å². The zero-order chi connectivity index (χ0) is 17.2. The molecular weight excluding hydrogens is 316 g/mol. The minimum atomic E-state index is -0.326. The molecule has 0 N–H and O–H groups in total. The lowest BCUT2D eigenvalue weighted by Crippen LogP contribution is -2.45. The molecule has 3 aliphatic rings. The minimum Gasteiger partial charge on any atom is -0.447 e. The molecule has 2 aliphatic carbocycles. The van der Waals surface area contributed by atoms with Crippen molar-refractivity contribution in [2.45, 2.75) is 63.5 Å². The molecule has 5 nitrogen and oxygen atoms in total. The van der Waals surface area contributed by atoms with Gasteiger partial charge in [-0.3, -0.25) is 9.69 Å². The standard InChI is InChI=1S/C20H26N2O3/c23-19(22(16-7-1-2-8-16)17-9-3-4-10-17)15-6-5-11-18(14-15)21-12-13-25-20(21)24/h5-6,11,14,16-17H,1-4,7-10,12-13H2. The van der Waals surface area contributed by atoms with Gasteiger partial charge in [0, 0.05) is 23.3 Å². The van der Waals surface area contributed by atoms with Crippen LogP contribution in [0, 0.1) is 0 Å². The van der Waals surface area contributed by atoms with E-state index in [9.17, 15) is 9.59 Å². The maximum atomic E-state index is 13.4. The van der Waals surface area contributed by atoms with Crippen LogP contribution in [0.15, 0.2) is 24.3 Å². The number of carbonyl (C=O) groups excluding carboxylic acids is 2. The van der Waals surface area contributed by atoms with Crippen molar-refractivity contribution < 1.29 is 14.3 Å². The van der Waals surface area contributed by atoms with Crippen LogP contribution in [-0.2, 0) is 4.74 Å². The molecule has 0 unspecified atom stereocenters. The molecule has 1 aromatic carbocycles. The summed E-state index contributed by atoms with van der Waals surface area (Å²) in [5.74, 6) is 0.133. The highest BCUT2D eigenvalue weighted by Crippen LogP contribution is 2.33. The van der Waals surface area contributed by atoms with Crippen LogP contribution in [0.5, 0.6) is 0 Å². The average molecular weight is 342 g/mol. The first-order chi connectivity index (χ1) is 12.2. The van der Waals surface area contributed by atoms with E-state index in [1.807, 2.05) is 24.3 Å². The minimum absolute atomic E-state index is 0.133. The summed E-state index contributed by atoms with van der Waals surface area (Å²) in [6.07, 6.45) is 9.07. The second-order valence-electron chi connectivity index (χ2n) is 7.41. The van der Waals surface area contributed by atoms with Gasteiger partial charge in [0.1, 0.15) is 6.61 Å². The SMILES string of the molecule is O=C1OCCN1c1cccc(C(=O)N(C2CCCC2)C2CCCC2)c1. The van der Waals surface area contributed by atoms with Gasteiger partial charge in [-0.05, 0) is 43.9 Å². The lowest BCUT2D eigenvalue weighted by Gasteiger charge is -2.35. The van der Waals surface area contributed by atoms with E-state index in [0.29, 0.717) is 30.8 Å². The molecule has 0 radical (unpaired) electrons. The van der Waals surface area contributed by atoms with E-state index in [2.05, 4.69) is 4.90 Å². The highest BCUT2D eigenvalue weighted by atomic mass is 16.6. The van der Waals surface area contributed by atoms with Crippen molar-refractivity contribution in [3.05, 3.63) is 29.8 Å². The predicted octanol–water partition coefficient (Wildman–Crippen LogP) is 3.97. The van der Waals surface area contributed by atoms with E-state index in [0.717, 1.165) is 31.4 Å². The third kappa shape index (κ3) is 3.24. The van der Waals surface area contributed by atoms with Crippen molar-refractivity contribution in [2.24, 2.45) is 0 Å². The molecule has 2 amide bonds. The molecule has 25 heavy (non-hydrogen) atoms. The Morgan fingerprint density at radius 1 is 1.04 bits per heavy atom. The normalized spacial score (nSPS) is 21.8. The number of benzene rings is 1. The molecule has 1 heterocycles. The lowest BCUT2D eigenvalue weighted by atomic mass is 10.1. The molecule has 3 fully saturated rings. The van der Waals surface area contributed by atoms with Gasteiger partial charge < -0.3 is 9.64 Å². The number of amides is 2. The molecule has 5 heteroatoms. The highest BCUT2D eigenvalue weighted by Gasteiger charge is 2.35. The Morgan fingerprint density at radius 2 is 1.68 bits per heavy atom. The van der Waals surface area contributed by atoms with E-state index in [1.54, 1.807) is 4.90 Å². The molecule has 1 aliphatic heterocycles. The van der Waals surface area contributed by atoms with Crippen LogP contribution < -0.4 is 4.90 Å². The molecule has 1 saturated heterocycles. The van der Waals surface area contributed by atoms with Gasteiger partial charge in [0.05, 0.1) is 6.54 Å². The number of anilines is 1. The van der Waals surface area contributed by atoms with Crippen LogP contribution in [0.4, 0.5) is 10.5 Å². The first-order valence-electron chi connectivity index (χ1n) is 9.61. The Bertz CT molecular complexity index is 632.